The SMILES string of the molecule is CCCCSC/N=C(\N)Nc1nc(-c2ccccc2Oc2ccc(C)cc2C)cs1. The van der Waals surface area contributed by atoms with Crippen LogP contribution in [0.5, 0.6) is 11.5 Å². The van der Waals surface area contributed by atoms with Crippen LogP contribution in [0.4, 0.5) is 5.13 Å². The fourth-order valence-corrected chi connectivity index (χ4v) is 4.40. The Labute approximate surface area is 186 Å². The van der Waals surface area contributed by atoms with Gasteiger partial charge >= 0.3 is 0 Å². The lowest BCUT2D eigenvalue weighted by atomic mass is 10.1. The summed E-state index contributed by atoms with van der Waals surface area (Å²) in [4.78, 5) is 9.03. The van der Waals surface area contributed by atoms with E-state index in [-0.39, 0.29) is 0 Å². The molecule has 3 N–H and O–H groups in total. The molecule has 0 aliphatic carbocycles. The molecule has 0 aliphatic rings. The molecule has 0 saturated carbocycles. The normalized spacial score (nSPS) is 11.5. The Morgan fingerprint density at radius 3 is 2.83 bits per heavy atom. The molecule has 0 saturated heterocycles. The van der Waals surface area contributed by atoms with Crippen molar-refractivity contribution < 1.29 is 4.74 Å². The molecule has 0 atom stereocenters. The number of thioether (sulfide) groups is 1. The molecule has 0 radical (unpaired) electrons. The highest BCUT2D eigenvalue weighted by molar-refractivity contribution is 7.99. The quantitative estimate of drug-likeness (QED) is 0.228. The number of benzene rings is 2. The Morgan fingerprint density at radius 2 is 2.03 bits per heavy atom. The van der Waals surface area contributed by atoms with Crippen molar-refractivity contribution in [3.05, 3.63) is 59.0 Å². The number of anilines is 1. The molecule has 2 aromatic carbocycles. The molecular weight excluding hydrogens is 412 g/mol. The maximum atomic E-state index is 6.22. The Balaban J connectivity index is 1.70. The first-order chi connectivity index (χ1) is 14.6. The summed E-state index contributed by atoms with van der Waals surface area (Å²) in [5.41, 5.74) is 10.1. The van der Waals surface area contributed by atoms with E-state index in [2.05, 4.69) is 48.2 Å². The number of aryl methyl sites for hydroxylation is 2. The number of guanidine groups is 1. The minimum Gasteiger partial charge on any atom is -0.456 e. The first-order valence-corrected chi connectivity index (χ1v) is 12.0. The molecular formula is C23H28N4OS2. The number of aliphatic imine (C=N–C) groups is 1. The molecule has 0 spiro atoms. The Kier molecular flexibility index (Phi) is 8.16. The van der Waals surface area contributed by atoms with E-state index in [1.165, 1.54) is 29.7 Å². The smallest absolute Gasteiger partial charge is 0.195 e. The van der Waals surface area contributed by atoms with Crippen molar-refractivity contribution in [3.8, 4) is 22.8 Å². The van der Waals surface area contributed by atoms with Crippen LogP contribution in [0.25, 0.3) is 11.3 Å². The fraction of sp³-hybridized carbons (Fsp3) is 0.304. The van der Waals surface area contributed by atoms with Crippen LogP contribution in [-0.4, -0.2) is 22.6 Å². The van der Waals surface area contributed by atoms with Crippen LogP contribution in [0.3, 0.4) is 0 Å². The summed E-state index contributed by atoms with van der Waals surface area (Å²) in [6, 6.07) is 14.1. The molecule has 1 heterocycles. The lowest BCUT2D eigenvalue weighted by molar-refractivity contribution is 0.480. The number of hydrogen-bond acceptors (Lipinski definition) is 5. The number of nitrogens with one attached hydrogen (secondary N) is 1. The molecule has 5 nitrogen and oxygen atoms in total. The number of ether oxygens (including phenoxy) is 1. The van der Waals surface area contributed by atoms with Crippen molar-refractivity contribution in [1.29, 1.82) is 0 Å². The average Bonchev–Trinajstić information content (AvgIpc) is 3.18. The number of thiazole rings is 1. The number of unbranched alkanes of at least 4 members (excludes halogenated alkanes) is 1. The standard InChI is InChI=1S/C23H28N4OS2/c1-4-5-12-29-15-25-22(24)27-23-26-19(14-30-23)18-8-6-7-9-21(18)28-20-11-10-16(2)13-17(20)3/h6-11,13-14H,4-5,12,15H2,1-3H3,(H3,24,25,26,27). The van der Waals surface area contributed by atoms with Crippen molar-refractivity contribution in [2.24, 2.45) is 10.7 Å². The van der Waals surface area contributed by atoms with E-state index in [1.54, 1.807) is 11.8 Å². The van der Waals surface area contributed by atoms with Gasteiger partial charge in [-0.25, -0.2) is 9.98 Å². The van der Waals surface area contributed by atoms with E-state index in [0.717, 1.165) is 34.1 Å². The number of hydrogen-bond donors (Lipinski definition) is 2. The predicted octanol–water partition coefficient (Wildman–Crippen LogP) is 6.44. The van der Waals surface area contributed by atoms with Gasteiger partial charge in [-0.05, 0) is 49.8 Å². The van der Waals surface area contributed by atoms with E-state index in [4.69, 9.17) is 10.5 Å². The molecule has 7 heteroatoms. The molecule has 0 bridgehead atoms. The molecule has 0 aliphatic heterocycles. The zero-order valence-electron chi connectivity index (χ0n) is 17.6. The van der Waals surface area contributed by atoms with E-state index in [0.29, 0.717) is 17.0 Å². The van der Waals surface area contributed by atoms with Gasteiger partial charge in [-0.3, -0.25) is 0 Å². The summed E-state index contributed by atoms with van der Waals surface area (Å²) >= 11 is 3.28. The number of rotatable bonds is 9. The first-order valence-electron chi connectivity index (χ1n) is 10.0. The molecule has 3 aromatic rings. The summed E-state index contributed by atoms with van der Waals surface area (Å²) in [6.07, 6.45) is 2.40. The highest BCUT2D eigenvalue weighted by Crippen LogP contribution is 2.35. The summed E-state index contributed by atoms with van der Waals surface area (Å²) in [7, 11) is 0. The third-order valence-electron chi connectivity index (χ3n) is 4.42. The molecule has 30 heavy (non-hydrogen) atoms. The maximum Gasteiger partial charge on any atom is 0.195 e. The second-order valence-electron chi connectivity index (χ2n) is 6.96. The van der Waals surface area contributed by atoms with Crippen molar-refractivity contribution >= 4 is 34.2 Å². The van der Waals surface area contributed by atoms with Gasteiger partial charge in [0.1, 0.15) is 11.5 Å². The van der Waals surface area contributed by atoms with Gasteiger partial charge in [0.25, 0.3) is 0 Å². The van der Waals surface area contributed by atoms with Crippen LogP contribution in [0, 0.1) is 13.8 Å². The third kappa shape index (κ3) is 6.24. The van der Waals surface area contributed by atoms with Gasteiger partial charge in [-0.15, -0.1) is 23.1 Å². The summed E-state index contributed by atoms with van der Waals surface area (Å²) < 4.78 is 6.22. The Morgan fingerprint density at radius 1 is 1.20 bits per heavy atom. The van der Waals surface area contributed by atoms with Gasteiger partial charge in [0, 0.05) is 10.9 Å². The number of nitrogens with zero attached hydrogens (tertiary/aromatic N) is 2. The molecule has 3 rings (SSSR count). The molecule has 0 fully saturated rings. The largest absolute Gasteiger partial charge is 0.456 e. The minimum atomic E-state index is 0.389. The number of aromatic nitrogens is 1. The highest BCUT2D eigenvalue weighted by Gasteiger charge is 2.12. The van der Waals surface area contributed by atoms with Gasteiger partial charge in [0.05, 0.1) is 11.6 Å². The topological polar surface area (TPSA) is 72.5 Å². The third-order valence-corrected chi connectivity index (χ3v) is 6.07. The Bertz CT molecular complexity index is 1000. The fourth-order valence-electron chi connectivity index (χ4n) is 2.83. The van der Waals surface area contributed by atoms with Gasteiger partial charge in [0.15, 0.2) is 11.1 Å². The van der Waals surface area contributed by atoms with Crippen LogP contribution >= 0.6 is 23.1 Å². The second kappa shape index (κ2) is 11.0. The van der Waals surface area contributed by atoms with Crippen LogP contribution in [0.1, 0.15) is 30.9 Å². The summed E-state index contributed by atoms with van der Waals surface area (Å²) in [6.45, 7) is 6.32. The lowest BCUT2D eigenvalue weighted by Gasteiger charge is -2.12. The van der Waals surface area contributed by atoms with Crippen molar-refractivity contribution in [2.75, 3.05) is 16.9 Å². The minimum absolute atomic E-state index is 0.389. The van der Waals surface area contributed by atoms with Crippen LogP contribution in [0.2, 0.25) is 0 Å². The van der Waals surface area contributed by atoms with Crippen molar-refractivity contribution in [1.82, 2.24) is 4.98 Å². The predicted molar refractivity (Wildman–Crippen MR) is 131 cm³/mol. The maximum absolute atomic E-state index is 6.22. The van der Waals surface area contributed by atoms with E-state index >= 15 is 0 Å². The molecule has 0 unspecified atom stereocenters. The van der Waals surface area contributed by atoms with Gasteiger partial charge in [-0.1, -0.05) is 43.2 Å². The highest BCUT2D eigenvalue weighted by atomic mass is 32.2. The monoisotopic (exact) mass is 440 g/mol. The van der Waals surface area contributed by atoms with Crippen molar-refractivity contribution in [2.45, 2.75) is 33.6 Å². The van der Waals surface area contributed by atoms with Gasteiger partial charge in [0.2, 0.25) is 0 Å². The number of para-hydroxylation sites is 1. The van der Waals surface area contributed by atoms with Crippen LogP contribution < -0.4 is 15.8 Å². The zero-order chi connectivity index (χ0) is 21.3. The van der Waals surface area contributed by atoms with Crippen molar-refractivity contribution in [3.63, 3.8) is 0 Å². The zero-order valence-corrected chi connectivity index (χ0v) is 19.3. The van der Waals surface area contributed by atoms with E-state index in [9.17, 15) is 0 Å². The van der Waals surface area contributed by atoms with Gasteiger partial charge in [-0.2, -0.15) is 0 Å². The number of nitrogens with two attached hydrogens (primary N) is 1. The molecule has 1 aromatic heterocycles. The first kappa shape index (κ1) is 22.2. The van der Waals surface area contributed by atoms with E-state index < -0.39 is 0 Å². The van der Waals surface area contributed by atoms with Crippen LogP contribution in [0.15, 0.2) is 52.8 Å². The average molecular weight is 441 g/mol. The summed E-state index contributed by atoms with van der Waals surface area (Å²) in [5.74, 6) is 3.77. The molecule has 0 amide bonds. The molecule has 158 valence electrons. The van der Waals surface area contributed by atoms with Gasteiger partial charge < -0.3 is 15.8 Å². The second-order valence-corrected chi connectivity index (χ2v) is 8.90. The van der Waals surface area contributed by atoms with Crippen LogP contribution in [-0.2, 0) is 0 Å². The van der Waals surface area contributed by atoms with E-state index in [1.807, 2.05) is 35.7 Å². The lowest BCUT2D eigenvalue weighted by Crippen LogP contribution is -2.22. The Hall–Kier alpha value is -2.51. The summed E-state index contributed by atoms with van der Waals surface area (Å²) in [5, 5.41) is 5.80.